The summed E-state index contributed by atoms with van der Waals surface area (Å²) in [6, 6.07) is 15.6. The van der Waals surface area contributed by atoms with E-state index in [-0.39, 0.29) is 5.91 Å². The topological polar surface area (TPSA) is 80.9 Å². The van der Waals surface area contributed by atoms with E-state index >= 15 is 0 Å². The highest BCUT2D eigenvalue weighted by atomic mass is 16.3. The van der Waals surface area contributed by atoms with E-state index in [1.165, 1.54) is 13.3 Å². The van der Waals surface area contributed by atoms with Gasteiger partial charge in [0.05, 0.1) is 23.8 Å². The summed E-state index contributed by atoms with van der Waals surface area (Å²) in [4.78, 5) is 24.3. The summed E-state index contributed by atoms with van der Waals surface area (Å²) in [6.45, 7) is 1.49. The number of nitrogens with zero attached hydrogens (tertiary/aromatic N) is 3. The van der Waals surface area contributed by atoms with Gasteiger partial charge in [-0.1, -0.05) is 30.3 Å². The molecular formula is C22H18N4O2. The van der Waals surface area contributed by atoms with Crippen molar-refractivity contribution in [3.8, 4) is 22.6 Å². The third-order valence-corrected chi connectivity index (χ3v) is 4.19. The van der Waals surface area contributed by atoms with Gasteiger partial charge in [-0.15, -0.1) is 0 Å². The third kappa shape index (κ3) is 4.12. The number of oxazole rings is 1. The number of aromatic nitrogens is 3. The van der Waals surface area contributed by atoms with Crippen molar-refractivity contribution in [3.63, 3.8) is 0 Å². The number of hydrogen-bond acceptors (Lipinski definition) is 5. The van der Waals surface area contributed by atoms with Crippen molar-refractivity contribution >= 4 is 11.6 Å². The third-order valence-electron chi connectivity index (χ3n) is 4.19. The largest absolute Gasteiger partial charge is 0.444 e. The summed E-state index contributed by atoms with van der Waals surface area (Å²) in [7, 11) is 0. The minimum Gasteiger partial charge on any atom is -0.444 e. The number of amides is 1. The SMILES string of the molecule is CC(=O)Nc1cccc(-c2cncc(Cc3cccc(-c4cnco4)c3)n2)c1. The van der Waals surface area contributed by atoms with E-state index < -0.39 is 0 Å². The van der Waals surface area contributed by atoms with Crippen LogP contribution in [0, 0.1) is 0 Å². The predicted octanol–water partition coefficient (Wildman–Crippen LogP) is 4.35. The van der Waals surface area contributed by atoms with Crippen LogP contribution in [0.1, 0.15) is 18.2 Å². The van der Waals surface area contributed by atoms with Crippen LogP contribution >= 0.6 is 0 Å². The van der Waals surface area contributed by atoms with Gasteiger partial charge in [-0.25, -0.2) is 9.97 Å². The number of carbonyl (C=O) groups excluding carboxylic acids is 1. The average Bonchev–Trinajstić information content (AvgIpc) is 3.23. The summed E-state index contributed by atoms with van der Waals surface area (Å²) in [5, 5.41) is 2.79. The fraction of sp³-hybridized carbons (Fsp3) is 0.0909. The molecule has 0 saturated carbocycles. The Morgan fingerprint density at radius 2 is 1.86 bits per heavy atom. The average molecular weight is 370 g/mol. The maximum Gasteiger partial charge on any atom is 0.221 e. The van der Waals surface area contributed by atoms with E-state index in [1.54, 1.807) is 18.6 Å². The van der Waals surface area contributed by atoms with Crippen LogP contribution in [0.25, 0.3) is 22.6 Å². The van der Waals surface area contributed by atoms with Gasteiger partial charge in [0.2, 0.25) is 5.91 Å². The van der Waals surface area contributed by atoms with Gasteiger partial charge in [0, 0.05) is 36.4 Å². The second-order valence-corrected chi connectivity index (χ2v) is 6.40. The van der Waals surface area contributed by atoms with Crippen molar-refractivity contribution in [3.05, 3.63) is 84.8 Å². The zero-order valence-corrected chi connectivity index (χ0v) is 15.3. The molecule has 4 aromatic rings. The highest BCUT2D eigenvalue weighted by Crippen LogP contribution is 2.23. The Balaban J connectivity index is 1.58. The molecule has 0 fully saturated rings. The van der Waals surface area contributed by atoms with Crippen LogP contribution in [0.3, 0.4) is 0 Å². The number of hydrogen-bond donors (Lipinski definition) is 1. The minimum atomic E-state index is -0.108. The van der Waals surface area contributed by atoms with Crippen LogP contribution in [0.4, 0.5) is 5.69 Å². The fourth-order valence-electron chi connectivity index (χ4n) is 2.99. The van der Waals surface area contributed by atoms with Crippen LogP contribution in [0.5, 0.6) is 0 Å². The first-order chi connectivity index (χ1) is 13.7. The molecule has 2 heterocycles. The lowest BCUT2D eigenvalue weighted by atomic mass is 10.1. The van der Waals surface area contributed by atoms with Crippen molar-refractivity contribution in [2.45, 2.75) is 13.3 Å². The Labute approximate surface area is 162 Å². The van der Waals surface area contributed by atoms with Gasteiger partial charge < -0.3 is 9.73 Å². The fourth-order valence-corrected chi connectivity index (χ4v) is 2.99. The predicted molar refractivity (Wildman–Crippen MR) is 107 cm³/mol. The Morgan fingerprint density at radius 1 is 1.00 bits per heavy atom. The normalized spacial score (nSPS) is 10.6. The van der Waals surface area contributed by atoms with Gasteiger partial charge in [0.1, 0.15) is 0 Å². The number of carbonyl (C=O) groups is 1. The van der Waals surface area contributed by atoms with Gasteiger partial charge >= 0.3 is 0 Å². The summed E-state index contributed by atoms with van der Waals surface area (Å²) in [6.07, 6.45) is 7.26. The number of rotatable bonds is 5. The molecule has 0 spiro atoms. The molecule has 0 aliphatic rings. The quantitative estimate of drug-likeness (QED) is 0.565. The van der Waals surface area contributed by atoms with Crippen LogP contribution in [-0.2, 0) is 11.2 Å². The summed E-state index contributed by atoms with van der Waals surface area (Å²) in [5.74, 6) is 0.625. The molecule has 4 rings (SSSR count). The van der Waals surface area contributed by atoms with Gasteiger partial charge in [0.15, 0.2) is 12.2 Å². The van der Waals surface area contributed by atoms with Crippen LogP contribution in [-0.4, -0.2) is 20.9 Å². The second kappa shape index (κ2) is 7.84. The second-order valence-electron chi connectivity index (χ2n) is 6.40. The molecule has 0 atom stereocenters. The minimum absolute atomic E-state index is 0.108. The van der Waals surface area contributed by atoms with E-state index in [4.69, 9.17) is 9.40 Å². The lowest BCUT2D eigenvalue weighted by molar-refractivity contribution is -0.114. The zero-order valence-electron chi connectivity index (χ0n) is 15.3. The maximum absolute atomic E-state index is 11.3. The first kappa shape index (κ1) is 17.6. The lowest BCUT2D eigenvalue weighted by Gasteiger charge is -2.07. The number of benzene rings is 2. The Bertz CT molecular complexity index is 1110. The molecular weight excluding hydrogens is 352 g/mol. The lowest BCUT2D eigenvalue weighted by Crippen LogP contribution is -2.05. The molecule has 1 amide bonds. The molecule has 2 aromatic heterocycles. The standard InChI is InChI=1S/C22H18N4O2/c1-15(27)25-19-7-3-5-17(10-19)21-12-23-11-20(26-21)9-16-4-2-6-18(8-16)22-13-24-14-28-22/h2-8,10-14H,9H2,1H3,(H,25,27). The van der Waals surface area contributed by atoms with E-state index in [0.29, 0.717) is 6.42 Å². The van der Waals surface area contributed by atoms with E-state index in [0.717, 1.165) is 39.5 Å². The molecule has 6 heteroatoms. The van der Waals surface area contributed by atoms with E-state index in [9.17, 15) is 4.79 Å². The molecule has 0 saturated heterocycles. The first-order valence-corrected chi connectivity index (χ1v) is 8.84. The highest BCUT2D eigenvalue weighted by molar-refractivity contribution is 5.89. The van der Waals surface area contributed by atoms with E-state index in [2.05, 4.69) is 21.4 Å². The molecule has 1 N–H and O–H groups in total. The van der Waals surface area contributed by atoms with Gasteiger partial charge in [-0.05, 0) is 23.8 Å². The molecule has 0 aliphatic heterocycles. The van der Waals surface area contributed by atoms with Crippen molar-refractivity contribution < 1.29 is 9.21 Å². The molecule has 28 heavy (non-hydrogen) atoms. The Morgan fingerprint density at radius 3 is 2.68 bits per heavy atom. The number of nitrogens with one attached hydrogen (secondary N) is 1. The zero-order chi connectivity index (χ0) is 19.3. The van der Waals surface area contributed by atoms with E-state index in [1.807, 2.05) is 42.5 Å². The molecule has 6 nitrogen and oxygen atoms in total. The van der Waals surface area contributed by atoms with Gasteiger partial charge in [0.25, 0.3) is 0 Å². The monoisotopic (exact) mass is 370 g/mol. The molecule has 0 aliphatic carbocycles. The Kier molecular flexibility index (Phi) is 4.93. The maximum atomic E-state index is 11.3. The van der Waals surface area contributed by atoms with Crippen molar-refractivity contribution in [1.82, 2.24) is 15.0 Å². The number of anilines is 1. The Hall–Kier alpha value is -3.80. The molecule has 0 bridgehead atoms. The van der Waals surface area contributed by atoms with Crippen molar-refractivity contribution in [2.75, 3.05) is 5.32 Å². The van der Waals surface area contributed by atoms with Crippen LogP contribution in [0.2, 0.25) is 0 Å². The summed E-state index contributed by atoms with van der Waals surface area (Å²) >= 11 is 0. The smallest absolute Gasteiger partial charge is 0.221 e. The van der Waals surface area contributed by atoms with Crippen molar-refractivity contribution in [1.29, 1.82) is 0 Å². The first-order valence-electron chi connectivity index (χ1n) is 8.84. The van der Waals surface area contributed by atoms with Gasteiger partial charge in [-0.2, -0.15) is 0 Å². The summed E-state index contributed by atoms with van der Waals surface area (Å²) < 4.78 is 5.37. The molecule has 0 radical (unpaired) electrons. The highest BCUT2D eigenvalue weighted by Gasteiger charge is 2.07. The van der Waals surface area contributed by atoms with Gasteiger partial charge in [-0.3, -0.25) is 9.78 Å². The molecule has 2 aromatic carbocycles. The van der Waals surface area contributed by atoms with Crippen LogP contribution in [0.15, 0.2) is 77.9 Å². The molecule has 0 unspecified atom stereocenters. The van der Waals surface area contributed by atoms with Crippen LogP contribution < -0.4 is 5.32 Å². The summed E-state index contributed by atoms with van der Waals surface area (Å²) in [5.41, 5.74) is 5.33. The molecule has 138 valence electrons. The van der Waals surface area contributed by atoms with Crippen molar-refractivity contribution in [2.24, 2.45) is 0 Å².